The van der Waals surface area contributed by atoms with E-state index >= 15 is 0 Å². The maximum atomic E-state index is 12.6. The van der Waals surface area contributed by atoms with Gasteiger partial charge in [0.15, 0.2) is 0 Å². The van der Waals surface area contributed by atoms with Gasteiger partial charge in [-0.3, -0.25) is 14.5 Å². The third-order valence-corrected chi connectivity index (χ3v) is 5.37. The van der Waals surface area contributed by atoms with Crippen molar-refractivity contribution in [2.75, 3.05) is 26.1 Å². The molecule has 1 saturated carbocycles. The Bertz CT molecular complexity index is 634. The zero-order valence-corrected chi connectivity index (χ0v) is 14.9. The summed E-state index contributed by atoms with van der Waals surface area (Å²) in [5, 5.41) is 2.90. The summed E-state index contributed by atoms with van der Waals surface area (Å²) in [5.74, 6) is 0.832. The number of rotatable bonds is 5. The Morgan fingerprint density at radius 2 is 2.04 bits per heavy atom. The Kier molecular flexibility index (Phi) is 5.58. The second-order valence-electron chi connectivity index (χ2n) is 6.84. The lowest BCUT2D eigenvalue weighted by molar-refractivity contribution is -0.146. The molecule has 1 aromatic rings. The molecule has 3 rings (SSSR count). The third kappa shape index (κ3) is 3.95. The number of ether oxygens (including phenoxy) is 2. The number of esters is 1. The average molecular weight is 346 g/mol. The molecule has 2 aliphatic rings. The molecule has 25 heavy (non-hydrogen) atoms. The zero-order valence-electron chi connectivity index (χ0n) is 14.9. The predicted octanol–water partition coefficient (Wildman–Crippen LogP) is 2.44. The van der Waals surface area contributed by atoms with Crippen LogP contribution in [0.3, 0.4) is 0 Å². The number of benzene rings is 1. The van der Waals surface area contributed by atoms with Gasteiger partial charge in [-0.1, -0.05) is 18.9 Å². The minimum atomic E-state index is -0.311. The van der Waals surface area contributed by atoms with E-state index in [1.807, 2.05) is 23.1 Å². The maximum Gasteiger partial charge on any atom is 0.323 e. The van der Waals surface area contributed by atoms with Crippen molar-refractivity contribution in [3.05, 3.63) is 24.3 Å². The van der Waals surface area contributed by atoms with Crippen LogP contribution in [0.4, 0.5) is 5.69 Å². The van der Waals surface area contributed by atoms with Crippen LogP contribution >= 0.6 is 0 Å². The number of fused-ring (bicyclic) bond motifs is 1. The van der Waals surface area contributed by atoms with Crippen LogP contribution in [0.1, 0.15) is 32.1 Å². The smallest absolute Gasteiger partial charge is 0.323 e. The fourth-order valence-electron chi connectivity index (χ4n) is 4.22. The van der Waals surface area contributed by atoms with Gasteiger partial charge in [0.05, 0.1) is 20.8 Å². The van der Waals surface area contributed by atoms with E-state index in [0.29, 0.717) is 23.4 Å². The van der Waals surface area contributed by atoms with E-state index in [4.69, 9.17) is 9.47 Å². The van der Waals surface area contributed by atoms with Gasteiger partial charge in [0, 0.05) is 17.8 Å². The number of nitrogens with zero attached hydrogens (tertiary/aromatic N) is 1. The van der Waals surface area contributed by atoms with Gasteiger partial charge in [-0.2, -0.15) is 0 Å². The van der Waals surface area contributed by atoms with Crippen molar-refractivity contribution in [3.63, 3.8) is 0 Å². The Labute approximate surface area is 148 Å². The Morgan fingerprint density at radius 1 is 1.24 bits per heavy atom. The Hall–Kier alpha value is -2.08. The van der Waals surface area contributed by atoms with Crippen molar-refractivity contribution in [2.45, 2.75) is 44.2 Å². The number of methoxy groups -OCH3 is 2. The van der Waals surface area contributed by atoms with E-state index in [1.165, 1.54) is 13.5 Å². The molecule has 6 nitrogen and oxygen atoms in total. The molecule has 6 heteroatoms. The van der Waals surface area contributed by atoms with Crippen molar-refractivity contribution in [1.82, 2.24) is 4.90 Å². The quantitative estimate of drug-likeness (QED) is 0.830. The molecular formula is C19H26N2O4. The van der Waals surface area contributed by atoms with E-state index in [0.717, 1.165) is 25.7 Å². The van der Waals surface area contributed by atoms with Gasteiger partial charge in [-0.05, 0) is 37.3 Å². The summed E-state index contributed by atoms with van der Waals surface area (Å²) < 4.78 is 10.2. The molecule has 0 aromatic heterocycles. The summed E-state index contributed by atoms with van der Waals surface area (Å²) in [4.78, 5) is 26.8. The monoisotopic (exact) mass is 346 g/mol. The normalized spacial score (nSPS) is 25.9. The van der Waals surface area contributed by atoms with Crippen LogP contribution in [0.2, 0.25) is 0 Å². The summed E-state index contributed by atoms with van der Waals surface area (Å²) in [7, 11) is 3.01. The first kappa shape index (κ1) is 17.7. The average Bonchev–Trinajstić information content (AvgIpc) is 2.99. The molecule has 0 radical (unpaired) electrons. The van der Waals surface area contributed by atoms with E-state index in [1.54, 1.807) is 13.2 Å². The van der Waals surface area contributed by atoms with Crippen molar-refractivity contribution >= 4 is 17.6 Å². The Balaban J connectivity index is 1.69. The minimum Gasteiger partial charge on any atom is -0.497 e. The molecule has 1 amide bonds. The van der Waals surface area contributed by atoms with Crippen LogP contribution in [0, 0.1) is 5.92 Å². The van der Waals surface area contributed by atoms with Gasteiger partial charge in [-0.25, -0.2) is 0 Å². The summed E-state index contributed by atoms with van der Waals surface area (Å²) in [6.45, 7) is 0.206. The number of likely N-dealkylation sites (tertiary alicyclic amines) is 1. The fraction of sp³-hybridized carbons (Fsp3) is 0.579. The van der Waals surface area contributed by atoms with Gasteiger partial charge >= 0.3 is 5.97 Å². The number of nitrogens with one attached hydrogen (secondary N) is 1. The largest absolute Gasteiger partial charge is 0.497 e. The molecule has 3 atom stereocenters. The lowest BCUT2D eigenvalue weighted by atomic mass is 9.85. The number of carbonyl (C=O) groups excluding carboxylic acids is 2. The first-order valence-corrected chi connectivity index (χ1v) is 8.90. The van der Waals surface area contributed by atoms with Crippen molar-refractivity contribution < 1.29 is 19.1 Å². The summed E-state index contributed by atoms with van der Waals surface area (Å²) in [6, 6.07) is 7.26. The van der Waals surface area contributed by atoms with Crippen molar-refractivity contribution in [1.29, 1.82) is 0 Å². The van der Waals surface area contributed by atoms with Crippen LogP contribution in [0.25, 0.3) is 0 Å². The van der Waals surface area contributed by atoms with Crippen LogP contribution < -0.4 is 10.1 Å². The van der Waals surface area contributed by atoms with E-state index < -0.39 is 0 Å². The van der Waals surface area contributed by atoms with Gasteiger partial charge in [0.25, 0.3) is 0 Å². The molecule has 1 N–H and O–H groups in total. The topological polar surface area (TPSA) is 67.9 Å². The fourth-order valence-corrected chi connectivity index (χ4v) is 4.22. The first-order chi connectivity index (χ1) is 12.1. The molecule has 2 fully saturated rings. The van der Waals surface area contributed by atoms with Crippen LogP contribution in [-0.2, 0) is 14.3 Å². The van der Waals surface area contributed by atoms with Crippen LogP contribution in [-0.4, -0.2) is 49.6 Å². The molecule has 3 unspecified atom stereocenters. The minimum absolute atomic E-state index is 0.117. The standard InChI is InChI=1S/C19H26N2O4/c1-24-15-8-5-7-14(11-15)20-18(22)12-21-16-9-4-3-6-13(16)10-17(21)19(23)25-2/h5,7-8,11,13,16-17H,3-4,6,9-10,12H2,1-2H3,(H,20,22). The second-order valence-corrected chi connectivity index (χ2v) is 6.84. The molecule has 1 aliphatic carbocycles. The highest BCUT2D eigenvalue weighted by Crippen LogP contribution is 2.39. The predicted molar refractivity (Wildman–Crippen MR) is 94.5 cm³/mol. The van der Waals surface area contributed by atoms with E-state index in [2.05, 4.69) is 5.32 Å². The third-order valence-electron chi connectivity index (χ3n) is 5.37. The summed E-state index contributed by atoms with van der Waals surface area (Å²) >= 11 is 0. The molecule has 1 aliphatic heterocycles. The van der Waals surface area contributed by atoms with Crippen molar-refractivity contribution in [2.24, 2.45) is 5.92 Å². The molecule has 1 heterocycles. The van der Waals surface area contributed by atoms with Crippen molar-refractivity contribution in [3.8, 4) is 5.75 Å². The molecule has 1 aromatic carbocycles. The molecule has 0 spiro atoms. The Morgan fingerprint density at radius 3 is 2.80 bits per heavy atom. The highest BCUT2D eigenvalue weighted by atomic mass is 16.5. The highest BCUT2D eigenvalue weighted by molar-refractivity contribution is 5.93. The van der Waals surface area contributed by atoms with Gasteiger partial charge in [-0.15, -0.1) is 0 Å². The summed E-state index contributed by atoms with van der Waals surface area (Å²) in [6.07, 6.45) is 5.34. The SMILES string of the molecule is COC(=O)C1CC2CCCCC2N1CC(=O)Nc1cccc(OC)c1. The van der Waals surface area contributed by atoms with E-state index in [-0.39, 0.29) is 24.5 Å². The van der Waals surface area contributed by atoms with Gasteiger partial charge in [0.2, 0.25) is 5.91 Å². The van der Waals surface area contributed by atoms with Gasteiger partial charge in [0.1, 0.15) is 11.8 Å². The lowest BCUT2D eigenvalue weighted by Gasteiger charge is -2.32. The summed E-state index contributed by atoms with van der Waals surface area (Å²) in [5.41, 5.74) is 0.693. The highest BCUT2D eigenvalue weighted by Gasteiger charge is 2.46. The molecule has 0 bridgehead atoms. The maximum absolute atomic E-state index is 12.6. The molecule has 136 valence electrons. The number of hydrogen-bond donors (Lipinski definition) is 1. The van der Waals surface area contributed by atoms with E-state index in [9.17, 15) is 9.59 Å². The number of anilines is 1. The number of amides is 1. The lowest BCUT2D eigenvalue weighted by Crippen LogP contribution is -2.46. The van der Waals surface area contributed by atoms with Crippen LogP contribution in [0.5, 0.6) is 5.75 Å². The first-order valence-electron chi connectivity index (χ1n) is 8.90. The molecular weight excluding hydrogens is 320 g/mol. The number of hydrogen-bond acceptors (Lipinski definition) is 5. The number of carbonyl (C=O) groups is 2. The van der Waals surface area contributed by atoms with Gasteiger partial charge < -0.3 is 14.8 Å². The molecule has 1 saturated heterocycles. The zero-order chi connectivity index (χ0) is 17.8. The van der Waals surface area contributed by atoms with Crippen LogP contribution in [0.15, 0.2) is 24.3 Å². The second kappa shape index (κ2) is 7.87.